The minimum atomic E-state index is -0.905. The predicted molar refractivity (Wildman–Crippen MR) is 95.1 cm³/mol. The third-order valence-corrected chi connectivity index (χ3v) is 3.84. The zero-order valence-electron chi connectivity index (χ0n) is 14.4. The van der Waals surface area contributed by atoms with Crippen molar-refractivity contribution in [1.82, 2.24) is 4.98 Å². The normalized spacial score (nSPS) is 11.8. The Morgan fingerprint density at radius 2 is 1.96 bits per heavy atom. The molecule has 0 saturated heterocycles. The van der Waals surface area contributed by atoms with Crippen molar-refractivity contribution in [1.29, 1.82) is 0 Å². The zero-order valence-corrected chi connectivity index (χ0v) is 14.4. The molecule has 0 aliphatic carbocycles. The zero-order chi connectivity index (χ0) is 18.5. The maximum Gasteiger partial charge on any atom is 0.338 e. The molecule has 1 amide bonds. The van der Waals surface area contributed by atoms with E-state index in [2.05, 4.69) is 10.3 Å². The average Bonchev–Trinajstić information content (AvgIpc) is 3.14. The molecule has 0 bridgehead atoms. The molecule has 1 heterocycles. The second kappa shape index (κ2) is 7.69. The highest BCUT2D eigenvalue weighted by Gasteiger charge is 2.22. The fourth-order valence-corrected chi connectivity index (χ4v) is 2.40. The highest BCUT2D eigenvalue weighted by atomic mass is 16.5. The van der Waals surface area contributed by atoms with Crippen molar-refractivity contribution in [3.8, 4) is 5.75 Å². The summed E-state index contributed by atoms with van der Waals surface area (Å²) in [5.74, 6) is -0.301. The number of nitrogens with one attached hydrogen (secondary N) is 1. The van der Waals surface area contributed by atoms with Crippen molar-refractivity contribution < 1.29 is 23.5 Å². The minimum absolute atomic E-state index is 0.307. The highest BCUT2D eigenvalue weighted by molar-refractivity contribution is 5.98. The third kappa shape index (κ3) is 3.83. The summed E-state index contributed by atoms with van der Waals surface area (Å²) in [6, 6.07) is 11.7. The Balaban J connectivity index is 1.66. The fourth-order valence-electron chi connectivity index (χ4n) is 2.40. The first-order chi connectivity index (χ1) is 12.6. The first-order valence-electron chi connectivity index (χ1n) is 8.10. The number of fused-ring (bicyclic) bond motifs is 1. The molecule has 0 saturated carbocycles. The smallest absolute Gasteiger partial charge is 0.338 e. The van der Waals surface area contributed by atoms with Crippen LogP contribution in [0.1, 0.15) is 23.7 Å². The SMILES string of the molecule is CCC(OC(=O)c1ccc2ocnc2c1)C(=O)Nc1ccc(OC)cc1. The van der Waals surface area contributed by atoms with Gasteiger partial charge in [-0.25, -0.2) is 9.78 Å². The van der Waals surface area contributed by atoms with Crippen LogP contribution in [0.4, 0.5) is 5.69 Å². The van der Waals surface area contributed by atoms with Crippen LogP contribution in [0, 0.1) is 0 Å². The number of esters is 1. The van der Waals surface area contributed by atoms with Crippen LogP contribution in [0.2, 0.25) is 0 Å². The Hall–Kier alpha value is -3.35. The van der Waals surface area contributed by atoms with Gasteiger partial charge in [0.05, 0.1) is 12.7 Å². The number of hydrogen-bond acceptors (Lipinski definition) is 6. The van der Waals surface area contributed by atoms with E-state index in [0.717, 1.165) is 0 Å². The molecule has 7 nitrogen and oxygen atoms in total. The lowest BCUT2D eigenvalue weighted by Crippen LogP contribution is -2.32. The molecule has 26 heavy (non-hydrogen) atoms. The second-order valence-electron chi connectivity index (χ2n) is 5.55. The largest absolute Gasteiger partial charge is 0.497 e. The summed E-state index contributed by atoms with van der Waals surface area (Å²) >= 11 is 0. The van der Waals surface area contributed by atoms with Crippen LogP contribution in [0.5, 0.6) is 5.75 Å². The summed E-state index contributed by atoms with van der Waals surface area (Å²) in [5, 5.41) is 2.73. The Labute approximate surface area is 149 Å². The minimum Gasteiger partial charge on any atom is -0.497 e. The maximum absolute atomic E-state index is 12.4. The molecule has 7 heteroatoms. The Kier molecular flexibility index (Phi) is 5.17. The van der Waals surface area contributed by atoms with Gasteiger partial charge < -0.3 is 19.2 Å². The van der Waals surface area contributed by atoms with Crippen molar-refractivity contribution in [3.63, 3.8) is 0 Å². The summed E-state index contributed by atoms with van der Waals surface area (Å²) < 4.78 is 15.6. The van der Waals surface area contributed by atoms with E-state index in [0.29, 0.717) is 34.5 Å². The van der Waals surface area contributed by atoms with Gasteiger partial charge in [0.1, 0.15) is 11.3 Å². The van der Waals surface area contributed by atoms with E-state index in [1.54, 1.807) is 56.5 Å². The number of benzene rings is 2. The van der Waals surface area contributed by atoms with Gasteiger partial charge in [0, 0.05) is 5.69 Å². The van der Waals surface area contributed by atoms with Gasteiger partial charge in [-0.3, -0.25) is 4.79 Å². The number of nitrogens with zero attached hydrogens (tertiary/aromatic N) is 1. The van der Waals surface area contributed by atoms with E-state index in [-0.39, 0.29) is 0 Å². The van der Waals surface area contributed by atoms with Crippen LogP contribution in [-0.2, 0) is 9.53 Å². The monoisotopic (exact) mass is 354 g/mol. The van der Waals surface area contributed by atoms with Crippen LogP contribution in [-0.4, -0.2) is 30.1 Å². The van der Waals surface area contributed by atoms with Gasteiger partial charge in [0.2, 0.25) is 0 Å². The number of anilines is 1. The first kappa shape index (κ1) is 17.5. The molecule has 1 unspecified atom stereocenters. The predicted octanol–water partition coefficient (Wildman–Crippen LogP) is 3.41. The molecule has 3 rings (SSSR count). The van der Waals surface area contributed by atoms with Gasteiger partial charge in [-0.05, 0) is 48.9 Å². The number of ether oxygens (including phenoxy) is 2. The molecule has 1 aromatic heterocycles. The van der Waals surface area contributed by atoms with Gasteiger partial charge in [-0.2, -0.15) is 0 Å². The van der Waals surface area contributed by atoms with Gasteiger partial charge in [0.15, 0.2) is 18.1 Å². The van der Waals surface area contributed by atoms with E-state index in [9.17, 15) is 9.59 Å². The number of carbonyl (C=O) groups is 2. The summed E-state index contributed by atoms with van der Waals surface area (Å²) in [5.41, 5.74) is 2.03. The van der Waals surface area contributed by atoms with E-state index in [4.69, 9.17) is 13.9 Å². The van der Waals surface area contributed by atoms with Crippen LogP contribution in [0.15, 0.2) is 53.3 Å². The molecular weight excluding hydrogens is 336 g/mol. The summed E-state index contributed by atoms with van der Waals surface area (Å²) in [6.45, 7) is 1.77. The molecule has 0 spiro atoms. The van der Waals surface area contributed by atoms with E-state index >= 15 is 0 Å². The molecule has 134 valence electrons. The van der Waals surface area contributed by atoms with Gasteiger partial charge in [0.25, 0.3) is 5.91 Å². The molecule has 3 aromatic rings. The number of carbonyl (C=O) groups excluding carboxylic acids is 2. The molecule has 0 aliphatic heterocycles. The molecular formula is C19H18N2O5. The molecule has 0 fully saturated rings. The summed E-state index contributed by atoms with van der Waals surface area (Å²) in [7, 11) is 1.57. The number of methoxy groups -OCH3 is 1. The van der Waals surface area contributed by atoms with Crippen LogP contribution in [0.3, 0.4) is 0 Å². The lowest BCUT2D eigenvalue weighted by atomic mass is 10.2. The third-order valence-electron chi connectivity index (χ3n) is 3.84. The average molecular weight is 354 g/mol. The van der Waals surface area contributed by atoms with Crippen molar-refractivity contribution in [2.45, 2.75) is 19.4 Å². The highest BCUT2D eigenvalue weighted by Crippen LogP contribution is 2.18. The van der Waals surface area contributed by atoms with Crippen LogP contribution >= 0.6 is 0 Å². The second-order valence-corrected chi connectivity index (χ2v) is 5.55. The number of hydrogen-bond donors (Lipinski definition) is 1. The lowest BCUT2D eigenvalue weighted by molar-refractivity contribution is -0.124. The van der Waals surface area contributed by atoms with Gasteiger partial charge >= 0.3 is 5.97 Å². The van der Waals surface area contributed by atoms with Crippen molar-refractivity contribution in [2.75, 3.05) is 12.4 Å². The van der Waals surface area contributed by atoms with Crippen molar-refractivity contribution in [3.05, 3.63) is 54.4 Å². The topological polar surface area (TPSA) is 90.7 Å². The number of amides is 1. The van der Waals surface area contributed by atoms with Crippen LogP contribution < -0.4 is 10.1 Å². The Morgan fingerprint density at radius 3 is 2.65 bits per heavy atom. The number of oxazole rings is 1. The molecule has 0 aliphatic rings. The standard InChI is InChI=1S/C19H18N2O5/c1-3-16(18(22)21-13-5-7-14(24-2)8-6-13)26-19(23)12-4-9-17-15(10-12)20-11-25-17/h4-11,16H,3H2,1-2H3,(H,21,22). The van der Waals surface area contributed by atoms with Crippen LogP contribution in [0.25, 0.3) is 11.1 Å². The summed E-state index contributed by atoms with van der Waals surface area (Å²) in [4.78, 5) is 28.7. The first-order valence-corrected chi connectivity index (χ1v) is 8.10. The number of rotatable bonds is 6. The van der Waals surface area contributed by atoms with E-state index in [1.165, 1.54) is 6.39 Å². The number of aromatic nitrogens is 1. The Morgan fingerprint density at radius 1 is 1.19 bits per heavy atom. The molecule has 0 radical (unpaired) electrons. The molecule has 1 N–H and O–H groups in total. The van der Waals surface area contributed by atoms with E-state index < -0.39 is 18.0 Å². The van der Waals surface area contributed by atoms with Gasteiger partial charge in [-0.1, -0.05) is 6.92 Å². The van der Waals surface area contributed by atoms with E-state index in [1.807, 2.05) is 0 Å². The molecule has 1 atom stereocenters. The van der Waals surface area contributed by atoms with Crippen molar-refractivity contribution >= 4 is 28.7 Å². The quantitative estimate of drug-likeness (QED) is 0.682. The fraction of sp³-hybridized carbons (Fsp3) is 0.211. The Bertz CT molecular complexity index is 917. The van der Waals surface area contributed by atoms with Gasteiger partial charge in [-0.15, -0.1) is 0 Å². The lowest BCUT2D eigenvalue weighted by Gasteiger charge is -2.16. The summed E-state index contributed by atoms with van der Waals surface area (Å²) in [6.07, 6.45) is 0.745. The maximum atomic E-state index is 12.4. The van der Waals surface area contributed by atoms with Crippen molar-refractivity contribution in [2.24, 2.45) is 0 Å². The molecule has 2 aromatic carbocycles.